The molecule has 1 atom stereocenters. The molecule has 29 heavy (non-hydrogen) atoms. The van der Waals surface area contributed by atoms with Crippen molar-refractivity contribution in [1.29, 1.82) is 0 Å². The summed E-state index contributed by atoms with van der Waals surface area (Å²) in [5, 5.41) is 6.75. The lowest BCUT2D eigenvalue weighted by molar-refractivity contribution is -0.137. The maximum Gasteiger partial charge on any atom is 0.416 e. The van der Waals surface area contributed by atoms with E-state index in [9.17, 15) is 13.2 Å². The maximum absolute atomic E-state index is 12.9. The van der Waals surface area contributed by atoms with Gasteiger partial charge in [0.1, 0.15) is 0 Å². The molecular weight excluding hydrogens is 381 g/mol. The summed E-state index contributed by atoms with van der Waals surface area (Å²) in [6, 6.07) is 5.96. The summed E-state index contributed by atoms with van der Waals surface area (Å²) in [5.74, 6) is 0.767. The number of alkyl halides is 3. The molecule has 1 heterocycles. The third-order valence-electron chi connectivity index (χ3n) is 5.42. The number of ether oxygens (including phenoxy) is 1. The molecule has 1 unspecified atom stereocenters. The fourth-order valence-corrected chi connectivity index (χ4v) is 3.50. The highest BCUT2D eigenvalue weighted by molar-refractivity contribution is 5.79. The van der Waals surface area contributed by atoms with E-state index in [0.29, 0.717) is 18.2 Å². The van der Waals surface area contributed by atoms with Gasteiger partial charge in [0, 0.05) is 46.4 Å². The summed E-state index contributed by atoms with van der Waals surface area (Å²) < 4.78 is 43.8. The van der Waals surface area contributed by atoms with E-state index in [1.807, 2.05) is 6.92 Å². The zero-order valence-electron chi connectivity index (χ0n) is 17.6. The number of aliphatic imine (C=N–C) groups is 1. The first kappa shape index (κ1) is 23.5. The molecule has 0 aromatic heterocycles. The molecule has 1 fully saturated rings. The summed E-state index contributed by atoms with van der Waals surface area (Å²) in [6.45, 7) is 6.37. The van der Waals surface area contributed by atoms with Crippen molar-refractivity contribution in [3.05, 3.63) is 35.4 Å². The second-order valence-corrected chi connectivity index (χ2v) is 7.56. The van der Waals surface area contributed by atoms with Crippen LogP contribution < -0.4 is 10.6 Å². The summed E-state index contributed by atoms with van der Waals surface area (Å²) in [6.07, 6.45) is -1.49. The Labute approximate surface area is 171 Å². The lowest BCUT2D eigenvalue weighted by atomic mass is 9.96. The van der Waals surface area contributed by atoms with E-state index in [-0.39, 0.29) is 5.92 Å². The molecule has 1 saturated heterocycles. The highest BCUT2D eigenvalue weighted by Gasteiger charge is 2.30. The number of hydrogen-bond acceptors (Lipinski definition) is 3. The standard InChI is InChI=1S/C21H33F3N4O/c1-16(17-5-4-6-18(15-17)21(22,23)24)7-10-26-20(25-2)27-19-8-11-28(12-9-19)13-14-29-3/h4-6,15-16,19H,7-14H2,1-3H3,(H2,25,26,27). The van der Waals surface area contributed by atoms with E-state index in [2.05, 4.69) is 20.5 Å². The summed E-state index contributed by atoms with van der Waals surface area (Å²) >= 11 is 0. The number of nitrogens with one attached hydrogen (secondary N) is 2. The van der Waals surface area contributed by atoms with Crippen molar-refractivity contribution < 1.29 is 17.9 Å². The lowest BCUT2D eigenvalue weighted by Gasteiger charge is -2.32. The van der Waals surface area contributed by atoms with Gasteiger partial charge in [0.05, 0.1) is 12.2 Å². The van der Waals surface area contributed by atoms with Crippen molar-refractivity contribution in [3.63, 3.8) is 0 Å². The Morgan fingerprint density at radius 2 is 2.03 bits per heavy atom. The molecule has 1 aromatic rings. The minimum atomic E-state index is -4.31. The van der Waals surface area contributed by atoms with Gasteiger partial charge < -0.3 is 20.3 Å². The Kier molecular flexibility index (Phi) is 9.23. The number of benzene rings is 1. The zero-order chi connectivity index (χ0) is 21.3. The Morgan fingerprint density at radius 3 is 2.66 bits per heavy atom. The number of likely N-dealkylation sites (tertiary alicyclic amines) is 1. The van der Waals surface area contributed by atoms with Gasteiger partial charge in [-0.3, -0.25) is 4.99 Å². The average molecular weight is 415 g/mol. The largest absolute Gasteiger partial charge is 0.416 e. The molecule has 0 radical (unpaired) electrons. The van der Waals surface area contributed by atoms with Crippen LogP contribution in [0.3, 0.4) is 0 Å². The monoisotopic (exact) mass is 414 g/mol. The third-order valence-corrected chi connectivity index (χ3v) is 5.42. The molecule has 5 nitrogen and oxygen atoms in total. The van der Waals surface area contributed by atoms with Crippen molar-refractivity contribution in [2.75, 3.05) is 46.9 Å². The number of halogens is 3. The summed E-state index contributed by atoms with van der Waals surface area (Å²) in [7, 11) is 3.46. The van der Waals surface area contributed by atoms with E-state index in [0.717, 1.165) is 57.5 Å². The number of methoxy groups -OCH3 is 1. The highest BCUT2D eigenvalue weighted by atomic mass is 19.4. The van der Waals surface area contributed by atoms with E-state index in [4.69, 9.17) is 4.74 Å². The Bertz CT molecular complexity index is 643. The molecule has 0 saturated carbocycles. The molecule has 1 aliphatic heterocycles. The first-order valence-electron chi connectivity index (χ1n) is 10.2. The van der Waals surface area contributed by atoms with Crippen LogP contribution in [0.25, 0.3) is 0 Å². The molecule has 2 rings (SSSR count). The lowest BCUT2D eigenvalue weighted by Crippen LogP contribution is -2.49. The average Bonchev–Trinajstić information content (AvgIpc) is 2.71. The fourth-order valence-electron chi connectivity index (χ4n) is 3.50. The van der Waals surface area contributed by atoms with Gasteiger partial charge in [-0.15, -0.1) is 0 Å². The van der Waals surface area contributed by atoms with Gasteiger partial charge in [-0.05, 0) is 36.8 Å². The van der Waals surface area contributed by atoms with Crippen LogP contribution in [0.15, 0.2) is 29.3 Å². The number of piperidine rings is 1. The van der Waals surface area contributed by atoms with Crippen molar-refractivity contribution >= 4 is 5.96 Å². The minimum Gasteiger partial charge on any atom is -0.383 e. The Morgan fingerprint density at radius 1 is 1.31 bits per heavy atom. The summed E-state index contributed by atoms with van der Waals surface area (Å²) in [4.78, 5) is 6.68. The maximum atomic E-state index is 12.9. The van der Waals surface area contributed by atoms with E-state index in [1.54, 1.807) is 20.2 Å². The van der Waals surface area contributed by atoms with Crippen LogP contribution in [-0.2, 0) is 10.9 Å². The quantitative estimate of drug-likeness (QED) is 0.505. The summed E-state index contributed by atoms with van der Waals surface area (Å²) in [5.41, 5.74) is 0.108. The first-order chi connectivity index (χ1) is 13.8. The van der Waals surface area contributed by atoms with E-state index in [1.165, 1.54) is 12.1 Å². The molecule has 164 valence electrons. The van der Waals surface area contributed by atoms with Gasteiger partial charge in [-0.1, -0.05) is 25.1 Å². The van der Waals surface area contributed by atoms with Crippen molar-refractivity contribution in [2.24, 2.45) is 4.99 Å². The fraction of sp³-hybridized carbons (Fsp3) is 0.667. The predicted octanol–water partition coefficient (Wildman–Crippen LogP) is 3.47. The van der Waals surface area contributed by atoms with Crippen molar-refractivity contribution in [2.45, 2.75) is 44.3 Å². The second-order valence-electron chi connectivity index (χ2n) is 7.56. The second kappa shape index (κ2) is 11.4. The zero-order valence-corrected chi connectivity index (χ0v) is 17.6. The van der Waals surface area contributed by atoms with Crippen molar-refractivity contribution in [1.82, 2.24) is 15.5 Å². The molecule has 0 bridgehead atoms. The van der Waals surface area contributed by atoms with Gasteiger partial charge >= 0.3 is 6.18 Å². The van der Waals surface area contributed by atoms with Crippen LogP contribution in [0, 0.1) is 0 Å². The molecule has 1 aromatic carbocycles. The van der Waals surface area contributed by atoms with E-state index < -0.39 is 11.7 Å². The van der Waals surface area contributed by atoms with Gasteiger partial charge in [0.2, 0.25) is 0 Å². The molecule has 1 aliphatic rings. The molecule has 8 heteroatoms. The van der Waals surface area contributed by atoms with Crippen LogP contribution >= 0.6 is 0 Å². The number of rotatable bonds is 8. The van der Waals surface area contributed by atoms with Gasteiger partial charge in [0.25, 0.3) is 0 Å². The number of nitrogens with zero attached hydrogens (tertiary/aromatic N) is 2. The Balaban J connectivity index is 1.75. The normalized spacial score (nSPS) is 17.9. The van der Waals surface area contributed by atoms with E-state index >= 15 is 0 Å². The van der Waals surface area contributed by atoms with Crippen LogP contribution in [0.5, 0.6) is 0 Å². The topological polar surface area (TPSA) is 48.9 Å². The van der Waals surface area contributed by atoms with Crippen LogP contribution in [0.1, 0.15) is 43.2 Å². The number of guanidine groups is 1. The van der Waals surface area contributed by atoms with Crippen molar-refractivity contribution in [3.8, 4) is 0 Å². The van der Waals surface area contributed by atoms with Crippen LogP contribution in [0.4, 0.5) is 13.2 Å². The van der Waals surface area contributed by atoms with Crippen LogP contribution in [0.2, 0.25) is 0 Å². The molecule has 0 amide bonds. The SMILES string of the molecule is CN=C(NCCC(C)c1cccc(C(F)(F)F)c1)NC1CCN(CCOC)CC1. The van der Waals surface area contributed by atoms with Gasteiger partial charge in [-0.2, -0.15) is 13.2 Å². The smallest absolute Gasteiger partial charge is 0.383 e. The van der Waals surface area contributed by atoms with Crippen LogP contribution in [-0.4, -0.2) is 63.8 Å². The molecule has 2 N–H and O–H groups in total. The van der Waals surface area contributed by atoms with Gasteiger partial charge in [0.15, 0.2) is 5.96 Å². The number of hydrogen-bond donors (Lipinski definition) is 2. The van der Waals surface area contributed by atoms with Gasteiger partial charge in [-0.25, -0.2) is 0 Å². The third kappa shape index (κ3) is 7.85. The highest BCUT2D eigenvalue weighted by Crippen LogP contribution is 2.31. The first-order valence-corrected chi connectivity index (χ1v) is 10.2. The molecule has 0 aliphatic carbocycles. The molecule has 0 spiro atoms. The Hall–Kier alpha value is -1.80. The minimum absolute atomic E-state index is 0.0203. The predicted molar refractivity (Wildman–Crippen MR) is 110 cm³/mol. The molecular formula is C21H33F3N4O.